The predicted octanol–water partition coefficient (Wildman–Crippen LogP) is 2.80. The first-order valence-corrected chi connectivity index (χ1v) is 7.99. The van der Waals surface area contributed by atoms with Crippen molar-refractivity contribution in [2.24, 2.45) is 0 Å². The molecule has 18 heavy (non-hydrogen) atoms. The largest absolute Gasteiger partial charge is 0.311 e. The van der Waals surface area contributed by atoms with Gasteiger partial charge in [-0.25, -0.2) is 4.98 Å². The molecule has 0 amide bonds. The van der Waals surface area contributed by atoms with E-state index in [2.05, 4.69) is 41.4 Å². The fraction of sp³-hybridized carbons (Fsp3) is 0.786. The molecule has 1 fully saturated rings. The number of aromatic nitrogens is 1. The lowest BCUT2D eigenvalue weighted by atomic mass is 10.0. The molecule has 102 valence electrons. The van der Waals surface area contributed by atoms with Crippen LogP contribution in [0.3, 0.4) is 0 Å². The van der Waals surface area contributed by atoms with E-state index in [1.54, 1.807) is 11.3 Å². The molecule has 0 bridgehead atoms. The molecule has 1 saturated heterocycles. The lowest BCUT2D eigenvalue weighted by Gasteiger charge is -2.40. The summed E-state index contributed by atoms with van der Waals surface area (Å²) in [7, 11) is 0. The Bertz CT molecular complexity index is 364. The Kier molecular flexibility index (Phi) is 5.15. The number of rotatable bonds is 5. The van der Waals surface area contributed by atoms with Gasteiger partial charge in [0.15, 0.2) is 0 Å². The van der Waals surface area contributed by atoms with Crippen LogP contribution in [0.15, 0.2) is 5.38 Å². The van der Waals surface area contributed by atoms with Gasteiger partial charge < -0.3 is 5.32 Å². The van der Waals surface area contributed by atoms with Crippen LogP contribution < -0.4 is 5.32 Å². The maximum absolute atomic E-state index is 4.61. The normalized spacial score (nSPS) is 25.5. The van der Waals surface area contributed by atoms with Crippen LogP contribution in [-0.4, -0.2) is 35.1 Å². The Balaban J connectivity index is 2.00. The van der Waals surface area contributed by atoms with Gasteiger partial charge in [0.2, 0.25) is 0 Å². The molecular weight excluding hydrogens is 242 g/mol. The smallest absolute Gasteiger partial charge is 0.107 e. The van der Waals surface area contributed by atoms with E-state index in [9.17, 15) is 0 Å². The van der Waals surface area contributed by atoms with E-state index >= 15 is 0 Å². The Morgan fingerprint density at radius 3 is 2.94 bits per heavy atom. The molecule has 3 nitrogen and oxygen atoms in total. The van der Waals surface area contributed by atoms with Gasteiger partial charge in [-0.15, -0.1) is 11.3 Å². The summed E-state index contributed by atoms with van der Waals surface area (Å²) in [6, 6.07) is 1.33. The lowest BCUT2D eigenvalue weighted by molar-refractivity contribution is 0.113. The molecule has 1 N–H and O–H groups in total. The van der Waals surface area contributed by atoms with Gasteiger partial charge in [-0.2, -0.15) is 0 Å². The van der Waals surface area contributed by atoms with Gasteiger partial charge in [-0.05, 0) is 19.8 Å². The summed E-state index contributed by atoms with van der Waals surface area (Å²) < 4.78 is 0. The number of nitrogens with zero attached hydrogens (tertiary/aromatic N) is 2. The fourth-order valence-electron chi connectivity index (χ4n) is 2.66. The number of thiazole rings is 1. The quantitative estimate of drug-likeness (QED) is 0.889. The van der Waals surface area contributed by atoms with Crippen molar-refractivity contribution < 1.29 is 0 Å². The Morgan fingerprint density at radius 1 is 1.50 bits per heavy atom. The lowest BCUT2D eigenvalue weighted by Crippen LogP contribution is -2.55. The number of nitrogens with one attached hydrogen (secondary N) is 1. The number of hydrogen-bond acceptors (Lipinski definition) is 4. The van der Waals surface area contributed by atoms with Crippen molar-refractivity contribution in [3.8, 4) is 0 Å². The van der Waals surface area contributed by atoms with Crippen molar-refractivity contribution in [1.82, 2.24) is 15.2 Å². The van der Waals surface area contributed by atoms with E-state index in [4.69, 9.17) is 0 Å². The molecule has 4 heteroatoms. The average molecular weight is 267 g/mol. The van der Waals surface area contributed by atoms with Crippen molar-refractivity contribution in [2.75, 3.05) is 13.1 Å². The molecule has 0 aliphatic carbocycles. The third kappa shape index (κ3) is 3.53. The number of hydrogen-bond donors (Lipinski definition) is 1. The summed E-state index contributed by atoms with van der Waals surface area (Å²) in [6.45, 7) is 9.95. The second-order valence-electron chi connectivity index (χ2n) is 5.27. The third-order valence-electron chi connectivity index (χ3n) is 3.73. The van der Waals surface area contributed by atoms with E-state index in [1.165, 1.54) is 30.8 Å². The van der Waals surface area contributed by atoms with Crippen LogP contribution in [-0.2, 0) is 6.54 Å². The van der Waals surface area contributed by atoms with Crippen LogP contribution in [0, 0.1) is 6.92 Å². The van der Waals surface area contributed by atoms with Gasteiger partial charge >= 0.3 is 0 Å². The molecule has 2 atom stereocenters. The molecule has 2 heterocycles. The first-order valence-electron chi connectivity index (χ1n) is 7.11. The summed E-state index contributed by atoms with van der Waals surface area (Å²) >= 11 is 1.80. The molecule has 2 unspecified atom stereocenters. The Morgan fingerprint density at radius 2 is 2.33 bits per heavy atom. The molecule has 0 spiro atoms. The van der Waals surface area contributed by atoms with E-state index in [1.807, 2.05) is 0 Å². The van der Waals surface area contributed by atoms with Crippen LogP contribution in [0.5, 0.6) is 0 Å². The van der Waals surface area contributed by atoms with Crippen LogP contribution in [0.25, 0.3) is 0 Å². The SMILES string of the molecule is CCCC1CNC(CC)CN1Cc1nc(C)cs1. The highest BCUT2D eigenvalue weighted by molar-refractivity contribution is 7.09. The molecule has 1 aliphatic rings. The topological polar surface area (TPSA) is 28.2 Å². The second-order valence-corrected chi connectivity index (χ2v) is 6.21. The van der Waals surface area contributed by atoms with Gasteiger partial charge in [0.1, 0.15) is 5.01 Å². The van der Waals surface area contributed by atoms with Gasteiger partial charge in [-0.1, -0.05) is 20.3 Å². The standard InChI is InChI=1S/C14H25N3S/c1-4-6-13-7-15-12(5-2)8-17(13)9-14-16-11(3)10-18-14/h10,12-13,15H,4-9H2,1-3H3. The molecule has 2 rings (SSSR count). The highest BCUT2D eigenvalue weighted by Crippen LogP contribution is 2.19. The summed E-state index contributed by atoms with van der Waals surface area (Å²) in [6.07, 6.45) is 3.76. The van der Waals surface area contributed by atoms with E-state index in [-0.39, 0.29) is 0 Å². The predicted molar refractivity (Wildman–Crippen MR) is 78.0 cm³/mol. The first-order chi connectivity index (χ1) is 8.72. The van der Waals surface area contributed by atoms with Crippen LogP contribution in [0.2, 0.25) is 0 Å². The van der Waals surface area contributed by atoms with Crippen molar-refractivity contribution in [1.29, 1.82) is 0 Å². The summed E-state index contributed by atoms with van der Waals surface area (Å²) in [4.78, 5) is 7.24. The number of aryl methyl sites for hydroxylation is 1. The minimum atomic E-state index is 0.652. The van der Waals surface area contributed by atoms with Gasteiger partial charge in [0, 0.05) is 36.2 Å². The minimum absolute atomic E-state index is 0.652. The zero-order valence-electron chi connectivity index (χ0n) is 11.8. The molecule has 1 aliphatic heterocycles. The molecule has 0 saturated carbocycles. The monoisotopic (exact) mass is 267 g/mol. The number of piperazine rings is 1. The van der Waals surface area contributed by atoms with E-state index in [0.717, 1.165) is 18.8 Å². The van der Waals surface area contributed by atoms with Crippen molar-refractivity contribution in [3.63, 3.8) is 0 Å². The van der Waals surface area contributed by atoms with Crippen LogP contribution in [0.4, 0.5) is 0 Å². The van der Waals surface area contributed by atoms with E-state index in [0.29, 0.717) is 12.1 Å². The molecule has 0 aromatic carbocycles. The second kappa shape index (κ2) is 6.64. The van der Waals surface area contributed by atoms with Crippen molar-refractivity contribution in [3.05, 3.63) is 16.1 Å². The van der Waals surface area contributed by atoms with Crippen molar-refractivity contribution in [2.45, 2.75) is 58.7 Å². The zero-order valence-corrected chi connectivity index (χ0v) is 12.6. The molecule has 0 radical (unpaired) electrons. The van der Waals surface area contributed by atoms with Gasteiger partial charge in [0.05, 0.1) is 6.54 Å². The summed E-state index contributed by atoms with van der Waals surface area (Å²) in [5, 5.41) is 7.09. The Hall–Kier alpha value is -0.450. The molecular formula is C14H25N3S. The van der Waals surface area contributed by atoms with Gasteiger partial charge in [-0.3, -0.25) is 4.90 Å². The zero-order chi connectivity index (χ0) is 13.0. The maximum atomic E-state index is 4.61. The van der Waals surface area contributed by atoms with Crippen molar-refractivity contribution >= 4 is 11.3 Å². The van der Waals surface area contributed by atoms with Crippen LogP contribution >= 0.6 is 11.3 Å². The maximum Gasteiger partial charge on any atom is 0.107 e. The van der Waals surface area contributed by atoms with Gasteiger partial charge in [0.25, 0.3) is 0 Å². The average Bonchev–Trinajstić information content (AvgIpc) is 2.77. The summed E-state index contributed by atoms with van der Waals surface area (Å²) in [5.74, 6) is 0. The van der Waals surface area contributed by atoms with Crippen LogP contribution in [0.1, 0.15) is 43.8 Å². The Labute approximate surface area is 115 Å². The molecule has 1 aromatic rings. The highest BCUT2D eigenvalue weighted by Gasteiger charge is 2.26. The highest BCUT2D eigenvalue weighted by atomic mass is 32.1. The summed E-state index contributed by atoms with van der Waals surface area (Å²) in [5.41, 5.74) is 1.16. The third-order valence-corrected chi connectivity index (χ3v) is 4.68. The van der Waals surface area contributed by atoms with E-state index < -0.39 is 0 Å². The minimum Gasteiger partial charge on any atom is -0.311 e. The fourth-order valence-corrected chi connectivity index (χ4v) is 3.46. The first kappa shape index (κ1) is 14.0. The molecule has 1 aromatic heterocycles.